The molecule has 0 aliphatic rings. The first kappa shape index (κ1) is 17.1. The Morgan fingerprint density at radius 2 is 1.96 bits per heavy atom. The molecule has 0 saturated carbocycles. The monoisotopic (exact) mass is 339 g/mol. The van der Waals surface area contributed by atoms with Crippen LogP contribution in [0.4, 0.5) is 10.2 Å². The van der Waals surface area contributed by atoms with Crippen molar-refractivity contribution in [2.24, 2.45) is 0 Å². The number of rotatable bonds is 7. The summed E-state index contributed by atoms with van der Waals surface area (Å²) in [5.41, 5.74) is 0.612. The lowest BCUT2D eigenvalue weighted by Gasteiger charge is -2.12. The highest BCUT2D eigenvalue weighted by Crippen LogP contribution is 2.23. The molecule has 0 aliphatic carbocycles. The van der Waals surface area contributed by atoms with Crippen LogP contribution in [0.2, 0.25) is 0 Å². The van der Waals surface area contributed by atoms with Gasteiger partial charge < -0.3 is 4.74 Å². The van der Waals surface area contributed by atoms with Crippen molar-refractivity contribution in [3.63, 3.8) is 0 Å². The van der Waals surface area contributed by atoms with Crippen LogP contribution in [0.15, 0.2) is 35.4 Å². The molecule has 0 unspecified atom stereocenters. The van der Waals surface area contributed by atoms with Gasteiger partial charge in [-0.1, -0.05) is 13.3 Å². The number of halogens is 1. The summed E-state index contributed by atoms with van der Waals surface area (Å²) in [6.45, 7) is 4.17. The maximum Gasteiger partial charge on any atom is 0.263 e. The molecule has 0 radical (unpaired) electrons. The normalized spacial score (nSPS) is 11.3. The summed E-state index contributed by atoms with van der Waals surface area (Å²) in [5.74, 6) is -0.372. The lowest BCUT2D eigenvalue weighted by atomic mass is 10.4. The van der Waals surface area contributed by atoms with Gasteiger partial charge in [0, 0.05) is 0 Å². The second-order valence-electron chi connectivity index (χ2n) is 4.93. The number of aryl methyl sites for hydroxylation is 1. The zero-order valence-corrected chi connectivity index (χ0v) is 13.7. The number of sulfonamides is 1. The minimum Gasteiger partial charge on any atom is -0.475 e. The maximum absolute atomic E-state index is 12.9. The molecular weight excluding hydrogens is 321 g/mol. The van der Waals surface area contributed by atoms with Gasteiger partial charge in [-0.25, -0.2) is 22.8 Å². The van der Waals surface area contributed by atoms with Crippen LogP contribution in [0.3, 0.4) is 0 Å². The Labute approximate surface area is 134 Å². The molecule has 0 saturated heterocycles. The van der Waals surface area contributed by atoms with Crippen molar-refractivity contribution in [1.82, 2.24) is 9.97 Å². The van der Waals surface area contributed by atoms with E-state index in [0.717, 1.165) is 25.0 Å². The molecule has 0 amide bonds. The third-order valence-electron chi connectivity index (χ3n) is 2.95. The summed E-state index contributed by atoms with van der Waals surface area (Å²) in [6.07, 6.45) is 3.20. The van der Waals surface area contributed by atoms with Gasteiger partial charge in [0.2, 0.25) is 5.82 Å². The summed E-state index contributed by atoms with van der Waals surface area (Å²) in [7, 11) is -3.90. The molecule has 0 fully saturated rings. The largest absolute Gasteiger partial charge is 0.475 e. The first-order chi connectivity index (χ1) is 10.9. The van der Waals surface area contributed by atoms with Crippen molar-refractivity contribution in [1.29, 1.82) is 0 Å². The summed E-state index contributed by atoms with van der Waals surface area (Å²) in [5, 5.41) is 0. The predicted molar refractivity (Wildman–Crippen MR) is 84.4 cm³/mol. The Bertz CT molecular complexity index is 764. The number of ether oxygens (including phenoxy) is 1. The van der Waals surface area contributed by atoms with Gasteiger partial charge in [0.15, 0.2) is 0 Å². The van der Waals surface area contributed by atoms with Crippen molar-refractivity contribution < 1.29 is 17.5 Å². The van der Waals surface area contributed by atoms with Crippen LogP contribution < -0.4 is 9.46 Å². The van der Waals surface area contributed by atoms with E-state index in [1.165, 1.54) is 18.3 Å². The molecule has 2 aromatic rings. The number of nitrogens with one attached hydrogen (secondary N) is 1. The molecule has 2 rings (SSSR count). The molecule has 124 valence electrons. The van der Waals surface area contributed by atoms with E-state index >= 15 is 0 Å². The molecule has 1 aromatic heterocycles. The van der Waals surface area contributed by atoms with E-state index in [2.05, 4.69) is 14.7 Å². The topological polar surface area (TPSA) is 81.2 Å². The fourth-order valence-electron chi connectivity index (χ4n) is 1.74. The van der Waals surface area contributed by atoms with Crippen LogP contribution in [0.1, 0.15) is 25.5 Å². The number of aromatic nitrogens is 2. The highest BCUT2D eigenvalue weighted by molar-refractivity contribution is 7.92. The summed E-state index contributed by atoms with van der Waals surface area (Å²) in [4.78, 5) is 8.13. The second-order valence-corrected chi connectivity index (χ2v) is 6.61. The van der Waals surface area contributed by atoms with Gasteiger partial charge in [0.25, 0.3) is 15.9 Å². The third-order valence-corrected chi connectivity index (χ3v) is 4.31. The highest BCUT2D eigenvalue weighted by Gasteiger charge is 2.18. The Morgan fingerprint density at radius 3 is 2.61 bits per heavy atom. The number of anilines is 1. The Hall–Kier alpha value is -2.22. The van der Waals surface area contributed by atoms with Gasteiger partial charge in [0.05, 0.1) is 23.4 Å². The lowest BCUT2D eigenvalue weighted by molar-refractivity contribution is 0.298. The van der Waals surface area contributed by atoms with Crippen LogP contribution in [-0.2, 0) is 10.0 Å². The number of hydrogen-bond donors (Lipinski definition) is 1. The van der Waals surface area contributed by atoms with E-state index in [1.807, 2.05) is 6.92 Å². The standard InChI is InChI=1S/C15H18FN3O3S/c1-3-4-9-22-15-14(17-10-11(2)18-15)19-23(20,21)13-7-5-12(16)6-8-13/h5-8,10H,3-4,9H2,1-2H3,(H,17,19). The van der Waals surface area contributed by atoms with E-state index in [1.54, 1.807) is 6.92 Å². The van der Waals surface area contributed by atoms with Crippen molar-refractivity contribution >= 4 is 15.8 Å². The average Bonchev–Trinajstić information content (AvgIpc) is 2.50. The van der Waals surface area contributed by atoms with Gasteiger partial charge in [0.1, 0.15) is 5.82 Å². The summed E-state index contributed by atoms with van der Waals surface area (Å²) in [6, 6.07) is 4.51. The smallest absolute Gasteiger partial charge is 0.263 e. The Kier molecular flexibility index (Phi) is 5.49. The summed E-state index contributed by atoms with van der Waals surface area (Å²) >= 11 is 0. The maximum atomic E-state index is 12.9. The van der Waals surface area contributed by atoms with Gasteiger partial charge in [-0.15, -0.1) is 0 Å². The molecular formula is C15H18FN3O3S. The van der Waals surface area contributed by atoms with Crippen LogP contribution in [-0.4, -0.2) is 25.0 Å². The van der Waals surface area contributed by atoms with E-state index < -0.39 is 15.8 Å². The average molecular weight is 339 g/mol. The molecule has 1 heterocycles. The number of nitrogens with zero attached hydrogens (tertiary/aromatic N) is 2. The third kappa shape index (κ3) is 4.62. The quantitative estimate of drug-likeness (QED) is 0.785. The van der Waals surface area contributed by atoms with Crippen molar-refractivity contribution in [2.75, 3.05) is 11.3 Å². The molecule has 0 spiro atoms. The molecule has 6 nitrogen and oxygen atoms in total. The molecule has 0 atom stereocenters. The van der Waals surface area contributed by atoms with Crippen molar-refractivity contribution in [2.45, 2.75) is 31.6 Å². The van der Waals surface area contributed by atoms with Crippen LogP contribution >= 0.6 is 0 Å². The van der Waals surface area contributed by atoms with Gasteiger partial charge >= 0.3 is 0 Å². The predicted octanol–water partition coefficient (Wildman–Crippen LogP) is 2.90. The van der Waals surface area contributed by atoms with Crippen LogP contribution in [0.5, 0.6) is 5.88 Å². The molecule has 0 aliphatic heterocycles. The lowest BCUT2D eigenvalue weighted by Crippen LogP contribution is -2.16. The zero-order chi connectivity index (χ0) is 16.9. The summed E-state index contributed by atoms with van der Waals surface area (Å²) < 4.78 is 45.4. The molecule has 23 heavy (non-hydrogen) atoms. The Morgan fingerprint density at radius 1 is 1.26 bits per heavy atom. The second kappa shape index (κ2) is 7.36. The number of hydrogen-bond acceptors (Lipinski definition) is 5. The molecule has 8 heteroatoms. The first-order valence-electron chi connectivity index (χ1n) is 7.17. The Balaban J connectivity index is 2.26. The molecule has 1 N–H and O–H groups in total. The van der Waals surface area contributed by atoms with Gasteiger partial charge in [-0.2, -0.15) is 0 Å². The van der Waals surface area contributed by atoms with Crippen molar-refractivity contribution in [3.8, 4) is 5.88 Å². The molecule has 0 bridgehead atoms. The first-order valence-corrected chi connectivity index (χ1v) is 8.65. The SMILES string of the molecule is CCCCOc1nc(C)cnc1NS(=O)(=O)c1ccc(F)cc1. The fourth-order valence-corrected chi connectivity index (χ4v) is 2.75. The highest BCUT2D eigenvalue weighted by atomic mass is 32.2. The van der Waals surface area contributed by atoms with Crippen LogP contribution in [0, 0.1) is 12.7 Å². The van der Waals surface area contributed by atoms with Gasteiger partial charge in [-0.3, -0.25) is 4.72 Å². The molecule has 1 aromatic carbocycles. The number of benzene rings is 1. The minimum atomic E-state index is -3.90. The van der Waals surface area contributed by atoms with E-state index in [-0.39, 0.29) is 16.6 Å². The van der Waals surface area contributed by atoms with E-state index in [4.69, 9.17) is 4.74 Å². The fraction of sp³-hybridized carbons (Fsp3) is 0.333. The van der Waals surface area contributed by atoms with Crippen LogP contribution in [0.25, 0.3) is 0 Å². The van der Waals surface area contributed by atoms with E-state index in [0.29, 0.717) is 12.3 Å². The van der Waals surface area contributed by atoms with Crippen molar-refractivity contribution in [3.05, 3.63) is 42.0 Å². The number of unbranched alkanes of at least 4 members (excludes halogenated alkanes) is 1. The van der Waals surface area contributed by atoms with Gasteiger partial charge in [-0.05, 0) is 37.6 Å². The van der Waals surface area contributed by atoms with E-state index in [9.17, 15) is 12.8 Å². The zero-order valence-electron chi connectivity index (χ0n) is 12.9. The minimum absolute atomic E-state index is 0.0102.